The largest absolute Gasteiger partial charge is 0.507 e. The molecule has 1 aromatic heterocycles. The van der Waals surface area contributed by atoms with Crippen LogP contribution in [0.15, 0.2) is 36.7 Å². The van der Waals surface area contributed by atoms with E-state index in [0.717, 1.165) is 16.7 Å². The van der Waals surface area contributed by atoms with Crippen molar-refractivity contribution in [2.75, 3.05) is 5.32 Å². The van der Waals surface area contributed by atoms with E-state index in [0.29, 0.717) is 18.5 Å². The van der Waals surface area contributed by atoms with Crippen LogP contribution in [0.2, 0.25) is 0 Å². The SMILES string of the molecule is O=C1CCc2c(ccc(-c3cccnc3)c2O)N1. The highest BCUT2D eigenvalue weighted by Gasteiger charge is 2.20. The van der Waals surface area contributed by atoms with Gasteiger partial charge in [-0.15, -0.1) is 0 Å². The number of rotatable bonds is 1. The number of carbonyl (C=O) groups is 1. The first-order valence-corrected chi connectivity index (χ1v) is 5.81. The molecule has 0 fully saturated rings. The number of hydrogen-bond donors (Lipinski definition) is 2. The molecule has 4 heteroatoms. The maximum atomic E-state index is 11.3. The van der Waals surface area contributed by atoms with Crippen molar-refractivity contribution in [3.63, 3.8) is 0 Å². The van der Waals surface area contributed by atoms with E-state index >= 15 is 0 Å². The van der Waals surface area contributed by atoms with Gasteiger partial charge in [0.15, 0.2) is 0 Å². The van der Waals surface area contributed by atoms with Gasteiger partial charge < -0.3 is 10.4 Å². The number of anilines is 1. The average Bonchev–Trinajstić information content (AvgIpc) is 2.40. The lowest BCUT2D eigenvalue weighted by atomic mass is 9.96. The number of phenolic OH excluding ortho intramolecular Hbond substituents is 1. The fraction of sp³-hybridized carbons (Fsp3) is 0.143. The normalized spacial score (nSPS) is 13.9. The highest BCUT2D eigenvalue weighted by molar-refractivity contribution is 5.95. The van der Waals surface area contributed by atoms with Gasteiger partial charge in [-0.2, -0.15) is 0 Å². The summed E-state index contributed by atoms with van der Waals surface area (Å²) in [5.41, 5.74) is 3.13. The second-order valence-corrected chi connectivity index (χ2v) is 4.28. The predicted octanol–water partition coefficient (Wildman–Crippen LogP) is 2.34. The lowest BCUT2D eigenvalue weighted by Gasteiger charge is -2.19. The number of nitrogens with zero attached hydrogens (tertiary/aromatic N) is 1. The van der Waals surface area contributed by atoms with Crippen LogP contribution in [0.3, 0.4) is 0 Å². The fourth-order valence-electron chi connectivity index (χ4n) is 2.21. The summed E-state index contributed by atoms with van der Waals surface area (Å²) in [6, 6.07) is 7.36. The maximum Gasteiger partial charge on any atom is 0.224 e. The molecule has 90 valence electrons. The van der Waals surface area contributed by atoms with E-state index in [2.05, 4.69) is 10.3 Å². The number of phenols is 1. The highest BCUT2D eigenvalue weighted by Crippen LogP contribution is 2.38. The van der Waals surface area contributed by atoms with Gasteiger partial charge in [-0.25, -0.2) is 0 Å². The minimum absolute atomic E-state index is 0.00368. The molecular weight excluding hydrogens is 228 g/mol. The lowest BCUT2D eigenvalue weighted by Crippen LogP contribution is -2.19. The van der Waals surface area contributed by atoms with Crippen LogP contribution >= 0.6 is 0 Å². The maximum absolute atomic E-state index is 11.3. The average molecular weight is 240 g/mol. The summed E-state index contributed by atoms with van der Waals surface area (Å²) < 4.78 is 0. The van der Waals surface area contributed by atoms with E-state index in [1.807, 2.05) is 18.2 Å². The Morgan fingerprint density at radius 1 is 1.22 bits per heavy atom. The number of aromatic nitrogens is 1. The summed E-state index contributed by atoms with van der Waals surface area (Å²) in [6.07, 6.45) is 4.39. The molecule has 0 radical (unpaired) electrons. The van der Waals surface area contributed by atoms with E-state index in [1.165, 1.54) is 0 Å². The summed E-state index contributed by atoms with van der Waals surface area (Å²) in [5, 5.41) is 13.1. The Hall–Kier alpha value is -2.36. The van der Waals surface area contributed by atoms with Crippen molar-refractivity contribution in [2.24, 2.45) is 0 Å². The Morgan fingerprint density at radius 2 is 2.11 bits per heavy atom. The summed E-state index contributed by atoms with van der Waals surface area (Å²) in [6.45, 7) is 0. The molecule has 1 aromatic carbocycles. The van der Waals surface area contributed by atoms with Crippen molar-refractivity contribution in [1.82, 2.24) is 4.98 Å². The van der Waals surface area contributed by atoms with Crippen molar-refractivity contribution < 1.29 is 9.90 Å². The third-order valence-corrected chi connectivity index (χ3v) is 3.13. The molecule has 1 aliphatic rings. The van der Waals surface area contributed by atoms with Crippen molar-refractivity contribution in [3.05, 3.63) is 42.2 Å². The van der Waals surface area contributed by atoms with Gasteiger partial charge in [-0.3, -0.25) is 9.78 Å². The molecule has 0 spiro atoms. The molecule has 0 saturated heterocycles. The zero-order chi connectivity index (χ0) is 12.5. The third kappa shape index (κ3) is 1.72. The van der Waals surface area contributed by atoms with Gasteiger partial charge in [0, 0.05) is 41.2 Å². The molecule has 4 nitrogen and oxygen atoms in total. The van der Waals surface area contributed by atoms with Gasteiger partial charge in [0.1, 0.15) is 5.75 Å². The Balaban J connectivity index is 2.12. The Bertz CT molecular complexity index is 609. The minimum atomic E-state index is -0.00368. The third-order valence-electron chi connectivity index (χ3n) is 3.13. The second-order valence-electron chi connectivity index (χ2n) is 4.28. The first kappa shape index (κ1) is 10.8. The van der Waals surface area contributed by atoms with Crippen molar-refractivity contribution in [2.45, 2.75) is 12.8 Å². The number of nitrogens with one attached hydrogen (secondary N) is 1. The Kier molecular flexibility index (Phi) is 2.48. The van der Waals surface area contributed by atoms with E-state index < -0.39 is 0 Å². The summed E-state index contributed by atoms with van der Waals surface area (Å²) in [5.74, 6) is 0.233. The second kappa shape index (κ2) is 4.14. The number of pyridine rings is 1. The summed E-state index contributed by atoms with van der Waals surface area (Å²) in [4.78, 5) is 15.3. The molecule has 0 bridgehead atoms. The Labute approximate surface area is 104 Å². The first-order chi connectivity index (χ1) is 8.75. The van der Waals surface area contributed by atoms with Gasteiger partial charge in [0.25, 0.3) is 0 Å². The number of amides is 1. The highest BCUT2D eigenvalue weighted by atomic mass is 16.3. The van der Waals surface area contributed by atoms with Crippen LogP contribution in [0.4, 0.5) is 5.69 Å². The van der Waals surface area contributed by atoms with Crippen LogP contribution in [-0.2, 0) is 11.2 Å². The summed E-state index contributed by atoms with van der Waals surface area (Å²) >= 11 is 0. The van der Waals surface area contributed by atoms with E-state index in [9.17, 15) is 9.90 Å². The molecule has 1 aliphatic heterocycles. The lowest BCUT2D eigenvalue weighted by molar-refractivity contribution is -0.116. The number of carbonyl (C=O) groups excluding carboxylic acids is 1. The molecule has 2 aromatic rings. The van der Waals surface area contributed by atoms with Crippen LogP contribution in [0.25, 0.3) is 11.1 Å². The van der Waals surface area contributed by atoms with Crippen LogP contribution in [0.5, 0.6) is 5.75 Å². The molecule has 3 rings (SSSR count). The van der Waals surface area contributed by atoms with Crippen LogP contribution in [0, 0.1) is 0 Å². The van der Waals surface area contributed by atoms with E-state index in [4.69, 9.17) is 0 Å². The van der Waals surface area contributed by atoms with Gasteiger partial charge >= 0.3 is 0 Å². The standard InChI is InChI=1S/C14H12N2O2/c17-13-6-4-11-12(16-13)5-3-10(14(11)18)9-2-1-7-15-8-9/h1-3,5,7-8,18H,4,6H2,(H,16,17). The number of benzene rings is 1. The summed E-state index contributed by atoms with van der Waals surface area (Å²) in [7, 11) is 0. The van der Waals surface area contributed by atoms with Crippen LogP contribution in [0.1, 0.15) is 12.0 Å². The number of hydrogen-bond acceptors (Lipinski definition) is 3. The Morgan fingerprint density at radius 3 is 2.89 bits per heavy atom. The number of fused-ring (bicyclic) bond motifs is 1. The van der Waals surface area contributed by atoms with Gasteiger partial charge in [-0.1, -0.05) is 6.07 Å². The molecule has 1 amide bonds. The van der Waals surface area contributed by atoms with Crippen LogP contribution in [-0.4, -0.2) is 16.0 Å². The zero-order valence-electron chi connectivity index (χ0n) is 9.68. The minimum Gasteiger partial charge on any atom is -0.507 e. The molecule has 0 unspecified atom stereocenters. The quantitative estimate of drug-likeness (QED) is 0.804. The molecule has 2 heterocycles. The van der Waals surface area contributed by atoms with E-state index in [-0.39, 0.29) is 11.7 Å². The molecule has 18 heavy (non-hydrogen) atoms. The topological polar surface area (TPSA) is 62.2 Å². The molecule has 2 N–H and O–H groups in total. The van der Waals surface area contributed by atoms with Gasteiger partial charge in [-0.05, 0) is 24.6 Å². The van der Waals surface area contributed by atoms with Crippen molar-refractivity contribution in [1.29, 1.82) is 0 Å². The molecule has 0 saturated carbocycles. The molecule has 0 atom stereocenters. The fourth-order valence-corrected chi connectivity index (χ4v) is 2.21. The van der Waals surface area contributed by atoms with Crippen LogP contribution < -0.4 is 5.32 Å². The first-order valence-electron chi connectivity index (χ1n) is 5.81. The van der Waals surface area contributed by atoms with Gasteiger partial charge in [0.2, 0.25) is 5.91 Å². The molecular formula is C14H12N2O2. The molecule has 0 aliphatic carbocycles. The monoisotopic (exact) mass is 240 g/mol. The van der Waals surface area contributed by atoms with E-state index in [1.54, 1.807) is 18.5 Å². The smallest absolute Gasteiger partial charge is 0.224 e. The predicted molar refractivity (Wildman–Crippen MR) is 68.3 cm³/mol. The zero-order valence-corrected chi connectivity index (χ0v) is 9.68. The van der Waals surface area contributed by atoms with Crippen molar-refractivity contribution >= 4 is 11.6 Å². The van der Waals surface area contributed by atoms with Crippen molar-refractivity contribution in [3.8, 4) is 16.9 Å². The number of aromatic hydroxyl groups is 1. The van der Waals surface area contributed by atoms with Gasteiger partial charge in [0.05, 0.1) is 0 Å².